The predicted molar refractivity (Wildman–Crippen MR) is 348 cm³/mol. The van der Waals surface area contributed by atoms with Gasteiger partial charge in [-0.15, -0.1) is 0 Å². The van der Waals surface area contributed by atoms with Crippen LogP contribution >= 0.6 is 0 Å². The Morgan fingerprint density at radius 3 is 0.800 bits per heavy atom. The van der Waals surface area contributed by atoms with Crippen molar-refractivity contribution in [3.05, 3.63) is 158 Å². The smallest absolute Gasteiger partial charge is 0.306 e. The zero-order valence-corrected chi connectivity index (χ0v) is 51.5. The summed E-state index contributed by atoms with van der Waals surface area (Å²) in [5, 5.41) is 0. The van der Waals surface area contributed by atoms with Gasteiger partial charge in [0.1, 0.15) is 13.2 Å². The Morgan fingerprint density at radius 2 is 0.500 bits per heavy atom. The highest BCUT2D eigenvalue weighted by molar-refractivity contribution is 5.71. The maximum atomic E-state index is 12.9. The molecule has 1 unspecified atom stereocenters. The van der Waals surface area contributed by atoms with Crippen LogP contribution in [0.25, 0.3) is 0 Å². The Kier molecular flexibility index (Phi) is 62.4. The van der Waals surface area contributed by atoms with Gasteiger partial charge in [0.25, 0.3) is 0 Å². The van der Waals surface area contributed by atoms with Crippen molar-refractivity contribution in [3.8, 4) is 0 Å². The molecule has 0 rings (SSSR count). The van der Waals surface area contributed by atoms with E-state index >= 15 is 0 Å². The van der Waals surface area contributed by atoms with Gasteiger partial charge in [-0.3, -0.25) is 14.4 Å². The fourth-order valence-electron chi connectivity index (χ4n) is 8.36. The number of hydrogen-bond donors (Lipinski definition) is 0. The van der Waals surface area contributed by atoms with Crippen LogP contribution in [0.4, 0.5) is 0 Å². The molecular weight excluding hydrogens is 985 g/mol. The van der Waals surface area contributed by atoms with E-state index in [1.807, 2.05) is 0 Å². The first-order valence-electron chi connectivity index (χ1n) is 32.5. The second-order valence-corrected chi connectivity index (χ2v) is 20.9. The van der Waals surface area contributed by atoms with E-state index in [2.05, 4.69) is 179 Å². The predicted octanol–water partition coefficient (Wildman–Crippen LogP) is 22.5. The molecule has 1 atom stereocenters. The van der Waals surface area contributed by atoms with Gasteiger partial charge >= 0.3 is 17.9 Å². The molecule has 0 radical (unpaired) electrons. The normalized spacial score (nSPS) is 13.2. The number of allylic oxidation sites excluding steroid dienone is 26. The topological polar surface area (TPSA) is 78.9 Å². The number of carbonyl (C=O) groups excluding carboxylic acids is 3. The van der Waals surface area contributed by atoms with E-state index in [1.165, 1.54) is 44.9 Å². The third-order valence-electron chi connectivity index (χ3n) is 13.2. The van der Waals surface area contributed by atoms with Crippen LogP contribution in [0.5, 0.6) is 0 Å². The van der Waals surface area contributed by atoms with E-state index in [-0.39, 0.29) is 31.1 Å². The molecule has 0 aromatic heterocycles. The van der Waals surface area contributed by atoms with Gasteiger partial charge in [0, 0.05) is 19.3 Å². The number of hydrogen-bond acceptors (Lipinski definition) is 6. The fourth-order valence-corrected chi connectivity index (χ4v) is 8.36. The monoisotopic (exact) mass is 1100 g/mol. The first kappa shape index (κ1) is 75.0. The van der Waals surface area contributed by atoms with Crippen LogP contribution in [0.15, 0.2) is 158 Å². The van der Waals surface area contributed by atoms with E-state index in [4.69, 9.17) is 14.2 Å². The summed E-state index contributed by atoms with van der Waals surface area (Å²) < 4.78 is 16.9. The highest BCUT2D eigenvalue weighted by Gasteiger charge is 2.19. The molecule has 0 aliphatic rings. The van der Waals surface area contributed by atoms with Crippen molar-refractivity contribution >= 4 is 17.9 Å². The molecule has 0 bridgehead atoms. The zero-order chi connectivity index (χ0) is 57.8. The second kappa shape index (κ2) is 66.5. The molecule has 0 saturated carbocycles. The van der Waals surface area contributed by atoms with Crippen molar-refractivity contribution in [3.63, 3.8) is 0 Å². The summed E-state index contributed by atoms with van der Waals surface area (Å²) in [6.45, 7) is 6.41. The number of esters is 3. The van der Waals surface area contributed by atoms with Crippen molar-refractivity contribution in [2.24, 2.45) is 0 Å². The highest BCUT2D eigenvalue weighted by atomic mass is 16.6. The standard InChI is InChI=1S/C74H118O6/c1-4-7-10-13-16-19-22-25-28-29-30-31-32-33-34-35-36-37-38-39-40-41-42-43-44-45-47-49-52-55-58-61-64-67-73(76)79-70-71(69-78-72(75)66-63-60-57-54-51-48-27-24-21-18-15-12-9-6-3)80-74(77)68-65-62-59-56-53-50-46-26-23-20-17-14-11-8-5-2/h7,10,15-20,24-28,30-31,33-34,36-37,39-40,42-43,45-47,71H,4-6,8-9,11-14,21-23,29,32,35,38,41,44,48-70H2,1-3H3/b10-7-,18-15-,19-16-,20-17-,27-24-,28-25-,31-30-,34-33-,37-36-,40-39-,43-42-,46-26-,47-45-. The molecule has 6 nitrogen and oxygen atoms in total. The quantitative estimate of drug-likeness (QED) is 0.0261. The molecule has 0 aliphatic carbocycles. The molecule has 80 heavy (non-hydrogen) atoms. The Bertz CT molecular complexity index is 1790. The van der Waals surface area contributed by atoms with Crippen LogP contribution in [0.1, 0.15) is 271 Å². The van der Waals surface area contributed by atoms with Gasteiger partial charge in [0.2, 0.25) is 0 Å². The Morgan fingerprint density at radius 1 is 0.263 bits per heavy atom. The average molecular weight is 1100 g/mol. The van der Waals surface area contributed by atoms with Crippen molar-refractivity contribution in [1.82, 2.24) is 0 Å². The lowest BCUT2D eigenvalue weighted by Crippen LogP contribution is -2.30. The Hall–Kier alpha value is -4.97. The van der Waals surface area contributed by atoms with Crippen LogP contribution in [0.2, 0.25) is 0 Å². The molecule has 0 heterocycles. The van der Waals surface area contributed by atoms with Crippen molar-refractivity contribution in [2.75, 3.05) is 13.2 Å². The van der Waals surface area contributed by atoms with Gasteiger partial charge in [-0.1, -0.05) is 262 Å². The minimum atomic E-state index is -0.807. The lowest BCUT2D eigenvalue weighted by Gasteiger charge is -2.18. The second-order valence-electron chi connectivity index (χ2n) is 20.9. The van der Waals surface area contributed by atoms with Crippen molar-refractivity contribution < 1.29 is 28.6 Å². The molecule has 0 amide bonds. The molecular formula is C74H118O6. The minimum absolute atomic E-state index is 0.103. The van der Waals surface area contributed by atoms with Gasteiger partial charge in [-0.05, 0) is 148 Å². The van der Waals surface area contributed by atoms with Crippen LogP contribution in [0.3, 0.4) is 0 Å². The fraction of sp³-hybridized carbons (Fsp3) is 0.608. The van der Waals surface area contributed by atoms with Crippen molar-refractivity contribution in [2.45, 2.75) is 277 Å². The van der Waals surface area contributed by atoms with Crippen LogP contribution in [-0.4, -0.2) is 37.2 Å². The third-order valence-corrected chi connectivity index (χ3v) is 13.2. The Labute approximate surface area is 492 Å². The minimum Gasteiger partial charge on any atom is -0.462 e. The number of rotatable bonds is 57. The van der Waals surface area contributed by atoms with Gasteiger partial charge < -0.3 is 14.2 Å². The summed E-state index contributed by atoms with van der Waals surface area (Å²) in [6.07, 6.45) is 96.7. The summed E-state index contributed by atoms with van der Waals surface area (Å²) in [5.74, 6) is -0.952. The molecule has 0 aliphatic heterocycles. The first-order chi connectivity index (χ1) is 39.5. The molecule has 0 saturated heterocycles. The maximum absolute atomic E-state index is 12.9. The average Bonchev–Trinajstić information content (AvgIpc) is 3.46. The van der Waals surface area contributed by atoms with Gasteiger partial charge in [0.05, 0.1) is 0 Å². The van der Waals surface area contributed by atoms with Crippen LogP contribution in [-0.2, 0) is 28.6 Å². The maximum Gasteiger partial charge on any atom is 0.306 e. The summed E-state index contributed by atoms with van der Waals surface area (Å²) in [6, 6.07) is 0. The van der Waals surface area contributed by atoms with Gasteiger partial charge in [-0.25, -0.2) is 0 Å². The number of ether oxygens (including phenoxy) is 3. The summed E-state index contributed by atoms with van der Waals surface area (Å²) in [7, 11) is 0. The molecule has 0 spiro atoms. The molecule has 6 heteroatoms. The highest BCUT2D eigenvalue weighted by Crippen LogP contribution is 2.14. The molecule has 0 fully saturated rings. The third kappa shape index (κ3) is 63.9. The van der Waals surface area contributed by atoms with E-state index in [9.17, 15) is 14.4 Å². The van der Waals surface area contributed by atoms with E-state index in [0.29, 0.717) is 19.3 Å². The van der Waals surface area contributed by atoms with Gasteiger partial charge in [0.15, 0.2) is 6.10 Å². The summed E-state index contributed by atoms with van der Waals surface area (Å²) in [5.41, 5.74) is 0. The van der Waals surface area contributed by atoms with Crippen LogP contribution in [0, 0.1) is 0 Å². The summed E-state index contributed by atoms with van der Waals surface area (Å²) in [4.78, 5) is 38.3. The van der Waals surface area contributed by atoms with E-state index < -0.39 is 6.10 Å². The SMILES string of the molecule is CC/C=C\C/C=C\C/C=C\C/C=C\C/C=C\C/C=C\C/C=C\C/C=C\C/C=C\CCCCCCCC(=O)OCC(COC(=O)CCCCCCC/C=C\C/C=C\CCCC)OC(=O)CCCCCCC/C=C\C/C=C\CCCCC. The van der Waals surface area contributed by atoms with Crippen LogP contribution < -0.4 is 0 Å². The number of unbranched alkanes of at least 4 members (excludes halogenated alkanes) is 20. The Balaban J connectivity index is 4.36. The molecule has 450 valence electrons. The van der Waals surface area contributed by atoms with E-state index in [0.717, 1.165) is 186 Å². The lowest BCUT2D eigenvalue weighted by atomic mass is 10.1. The molecule has 0 N–H and O–H groups in total. The largest absolute Gasteiger partial charge is 0.462 e. The lowest BCUT2D eigenvalue weighted by molar-refractivity contribution is -0.167. The molecule has 0 aromatic rings. The number of carbonyl (C=O) groups is 3. The summed E-state index contributed by atoms with van der Waals surface area (Å²) >= 11 is 0. The van der Waals surface area contributed by atoms with Crippen molar-refractivity contribution in [1.29, 1.82) is 0 Å². The molecule has 0 aromatic carbocycles. The first-order valence-corrected chi connectivity index (χ1v) is 32.5. The zero-order valence-electron chi connectivity index (χ0n) is 51.5. The van der Waals surface area contributed by atoms with E-state index in [1.54, 1.807) is 0 Å². The van der Waals surface area contributed by atoms with Gasteiger partial charge in [-0.2, -0.15) is 0 Å².